The average Bonchev–Trinajstić information content (AvgIpc) is 2.71. The first-order valence-corrected chi connectivity index (χ1v) is 10.0. The first-order valence-electron chi connectivity index (χ1n) is 10.0. The van der Waals surface area contributed by atoms with Crippen LogP contribution in [0.15, 0.2) is 39.5 Å². The van der Waals surface area contributed by atoms with Crippen molar-refractivity contribution in [3.8, 4) is 17.2 Å². The topological polar surface area (TPSA) is 64.1 Å². The molecule has 5 nitrogen and oxygen atoms in total. The summed E-state index contributed by atoms with van der Waals surface area (Å²) >= 11 is 0. The van der Waals surface area contributed by atoms with Crippen molar-refractivity contribution in [1.82, 2.24) is 0 Å². The van der Waals surface area contributed by atoms with Crippen LogP contribution in [0.3, 0.4) is 0 Å². The van der Waals surface area contributed by atoms with E-state index >= 15 is 0 Å². The molecule has 1 heterocycles. The fraction of sp³-hybridized carbons (Fsp3) is 0.348. The Morgan fingerprint density at radius 1 is 1.10 bits per heavy atom. The molecule has 0 atom stereocenters. The molecule has 2 N–H and O–H groups in total. The van der Waals surface area contributed by atoms with Crippen LogP contribution in [0.4, 0.5) is 13.2 Å². The van der Waals surface area contributed by atoms with E-state index in [0.29, 0.717) is 18.7 Å². The number of phenolic OH excluding ortho intramolecular Hbond substituents is 1. The van der Waals surface area contributed by atoms with Crippen molar-refractivity contribution in [2.45, 2.75) is 40.4 Å². The highest BCUT2D eigenvalue weighted by atomic mass is 19.4. The summed E-state index contributed by atoms with van der Waals surface area (Å²) in [7, 11) is 0. The zero-order chi connectivity index (χ0) is 22.9. The minimum atomic E-state index is -4.97. The summed E-state index contributed by atoms with van der Waals surface area (Å²) in [5.74, 6) is -2.51. The summed E-state index contributed by atoms with van der Waals surface area (Å²) in [6.45, 7) is 8.89. The first-order chi connectivity index (χ1) is 14.6. The molecule has 0 aliphatic heterocycles. The Bertz CT molecular complexity index is 1160. The zero-order valence-electron chi connectivity index (χ0n) is 17.8. The van der Waals surface area contributed by atoms with Gasteiger partial charge in [0, 0.05) is 0 Å². The number of rotatable bonds is 6. The number of alkyl halides is 3. The summed E-state index contributed by atoms with van der Waals surface area (Å²) in [5.41, 5.74) is 0.302. The van der Waals surface area contributed by atoms with E-state index in [1.807, 2.05) is 13.8 Å². The number of phenols is 1. The third-order valence-electron chi connectivity index (χ3n) is 5.34. The van der Waals surface area contributed by atoms with Crippen molar-refractivity contribution in [2.75, 3.05) is 13.1 Å². The maximum atomic E-state index is 13.9. The summed E-state index contributed by atoms with van der Waals surface area (Å²) < 4.78 is 52.4. The normalized spacial score (nSPS) is 12.0. The Balaban J connectivity index is 2.29. The highest BCUT2D eigenvalue weighted by molar-refractivity contribution is 5.83. The predicted molar refractivity (Wildman–Crippen MR) is 111 cm³/mol. The van der Waals surface area contributed by atoms with Crippen LogP contribution in [-0.2, 0) is 12.7 Å². The Morgan fingerprint density at radius 3 is 2.39 bits per heavy atom. The molecule has 0 bridgehead atoms. The van der Waals surface area contributed by atoms with Crippen molar-refractivity contribution in [3.63, 3.8) is 0 Å². The van der Waals surface area contributed by atoms with E-state index in [0.717, 1.165) is 10.5 Å². The van der Waals surface area contributed by atoms with Crippen molar-refractivity contribution in [3.05, 3.63) is 63.0 Å². The van der Waals surface area contributed by atoms with Gasteiger partial charge in [-0.2, -0.15) is 13.2 Å². The Labute approximate surface area is 177 Å². The second kappa shape index (κ2) is 8.63. The maximum Gasteiger partial charge on any atom is 0.453 e. The first kappa shape index (κ1) is 22.7. The monoisotopic (exact) mass is 436 g/mol. The molecule has 0 aliphatic carbocycles. The molecule has 3 rings (SSSR count). The summed E-state index contributed by atoms with van der Waals surface area (Å²) in [6, 6.07) is 7.61. The van der Waals surface area contributed by atoms with Crippen LogP contribution in [0, 0.1) is 13.8 Å². The number of benzene rings is 2. The van der Waals surface area contributed by atoms with E-state index in [9.17, 15) is 23.1 Å². The van der Waals surface area contributed by atoms with Crippen molar-refractivity contribution < 1.29 is 32.3 Å². The standard InChI is InChI=1S/C23H24F3NO4/c1-5-27(6-2)12-16-17(28)10-9-15-19(29)21(22(23(24,25)26)31-20(15)16)30-18-11-13(3)7-8-14(18)4/h7-11,28H,5-6,12H2,1-4H3/p+1. The molecular formula is C23H25F3NO4+. The van der Waals surface area contributed by atoms with Gasteiger partial charge in [0.1, 0.15) is 18.0 Å². The number of halogens is 3. The largest absolute Gasteiger partial charge is 0.507 e. The maximum absolute atomic E-state index is 13.9. The highest BCUT2D eigenvalue weighted by Gasteiger charge is 2.41. The van der Waals surface area contributed by atoms with Gasteiger partial charge in [-0.05, 0) is 57.0 Å². The second-order valence-corrected chi connectivity index (χ2v) is 7.53. The van der Waals surface area contributed by atoms with Gasteiger partial charge in [0.15, 0.2) is 5.58 Å². The molecule has 0 amide bonds. The van der Waals surface area contributed by atoms with Gasteiger partial charge in [-0.15, -0.1) is 0 Å². The molecule has 0 saturated heterocycles. The van der Waals surface area contributed by atoms with Gasteiger partial charge < -0.3 is 19.2 Å². The Hall–Kier alpha value is -3.00. The van der Waals surface area contributed by atoms with Crippen LogP contribution in [0.25, 0.3) is 11.0 Å². The van der Waals surface area contributed by atoms with E-state index in [2.05, 4.69) is 0 Å². The minimum Gasteiger partial charge on any atom is -0.507 e. The van der Waals surface area contributed by atoms with Crippen LogP contribution < -0.4 is 15.1 Å². The lowest BCUT2D eigenvalue weighted by Gasteiger charge is -2.19. The quantitative estimate of drug-likeness (QED) is 0.603. The second-order valence-electron chi connectivity index (χ2n) is 7.53. The number of nitrogens with one attached hydrogen (secondary N) is 1. The smallest absolute Gasteiger partial charge is 0.453 e. The van der Waals surface area contributed by atoms with Crippen LogP contribution in [0.5, 0.6) is 17.2 Å². The lowest BCUT2D eigenvalue weighted by atomic mass is 10.1. The molecule has 8 heteroatoms. The molecule has 31 heavy (non-hydrogen) atoms. The van der Waals surface area contributed by atoms with E-state index in [4.69, 9.17) is 9.15 Å². The number of hydrogen-bond acceptors (Lipinski definition) is 4. The molecule has 0 fully saturated rings. The van der Waals surface area contributed by atoms with Crippen molar-refractivity contribution in [1.29, 1.82) is 0 Å². The van der Waals surface area contributed by atoms with Gasteiger partial charge in [-0.1, -0.05) is 12.1 Å². The van der Waals surface area contributed by atoms with E-state index < -0.39 is 23.1 Å². The number of hydrogen-bond donors (Lipinski definition) is 2. The summed E-state index contributed by atoms with van der Waals surface area (Å²) in [4.78, 5) is 14.1. The average molecular weight is 436 g/mol. The molecule has 0 radical (unpaired) electrons. The molecule has 166 valence electrons. The molecule has 0 saturated carbocycles. The predicted octanol–water partition coefficient (Wildman–Crippen LogP) is 4.35. The lowest BCUT2D eigenvalue weighted by molar-refractivity contribution is -0.910. The Morgan fingerprint density at radius 2 is 1.77 bits per heavy atom. The summed E-state index contributed by atoms with van der Waals surface area (Å²) in [5, 5.41) is 10.2. The fourth-order valence-electron chi connectivity index (χ4n) is 3.41. The third kappa shape index (κ3) is 4.54. The molecule has 0 unspecified atom stereocenters. The number of quaternary nitrogens is 1. The lowest BCUT2D eigenvalue weighted by Crippen LogP contribution is -3.10. The summed E-state index contributed by atoms with van der Waals surface area (Å²) in [6.07, 6.45) is -4.97. The van der Waals surface area contributed by atoms with Crippen LogP contribution in [0.2, 0.25) is 0 Å². The third-order valence-corrected chi connectivity index (χ3v) is 5.34. The van der Waals surface area contributed by atoms with Gasteiger partial charge in [0.05, 0.1) is 24.0 Å². The van der Waals surface area contributed by atoms with Gasteiger partial charge in [0.2, 0.25) is 11.2 Å². The van der Waals surface area contributed by atoms with Crippen molar-refractivity contribution in [2.24, 2.45) is 0 Å². The number of ether oxygens (including phenoxy) is 1. The van der Waals surface area contributed by atoms with Gasteiger partial charge >= 0.3 is 6.18 Å². The molecule has 2 aromatic carbocycles. The molecule has 0 aliphatic rings. The van der Waals surface area contributed by atoms with Gasteiger partial charge in [-0.3, -0.25) is 4.79 Å². The molecule has 1 aromatic heterocycles. The van der Waals surface area contributed by atoms with Crippen LogP contribution in [0.1, 0.15) is 36.3 Å². The molecular weight excluding hydrogens is 411 g/mol. The zero-order valence-corrected chi connectivity index (χ0v) is 17.8. The van der Waals surface area contributed by atoms with Gasteiger partial charge in [-0.25, -0.2) is 0 Å². The number of fused-ring (bicyclic) bond motifs is 1. The van der Waals surface area contributed by atoms with Crippen LogP contribution in [-0.4, -0.2) is 18.2 Å². The number of aryl methyl sites for hydroxylation is 2. The number of aromatic hydroxyl groups is 1. The highest BCUT2D eigenvalue weighted by Crippen LogP contribution is 2.40. The fourth-order valence-corrected chi connectivity index (χ4v) is 3.41. The van der Waals surface area contributed by atoms with Crippen LogP contribution >= 0.6 is 0 Å². The van der Waals surface area contributed by atoms with Gasteiger partial charge in [0.25, 0.3) is 5.76 Å². The molecule has 0 spiro atoms. The SMILES string of the molecule is CC[NH+](CC)Cc1c(O)ccc2c(=O)c(Oc3cc(C)ccc3C)c(C(F)(F)F)oc12. The van der Waals surface area contributed by atoms with E-state index in [1.54, 1.807) is 32.0 Å². The van der Waals surface area contributed by atoms with E-state index in [1.165, 1.54) is 12.1 Å². The minimum absolute atomic E-state index is 0.0762. The van der Waals surface area contributed by atoms with Crippen molar-refractivity contribution >= 4 is 11.0 Å². The Kier molecular flexibility index (Phi) is 6.31. The van der Waals surface area contributed by atoms with E-state index in [-0.39, 0.29) is 34.6 Å². The molecule has 3 aromatic rings.